The normalized spacial score (nSPS) is 23.5. The summed E-state index contributed by atoms with van der Waals surface area (Å²) in [6.07, 6.45) is 0. The van der Waals surface area contributed by atoms with Crippen LogP contribution in [-0.4, -0.2) is 62.3 Å². The number of hydrogen-bond acceptors (Lipinski definition) is 5. The number of carbonyl (C=O) groups is 2. The van der Waals surface area contributed by atoms with Gasteiger partial charge in [0, 0.05) is 19.1 Å². The Morgan fingerprint density at radius 3 is 2.74 bits per heavy atom. The number of likely N-dealkylation sites (N-methyl/N-ethyl adjacent to an activating group) is 1. The molecule has 0 aromatic carbocycles. The van der Waals surface area contributed by atoms with Gasteiger partial charge in [0.05, 0.1) is 26.2 Å². The van der Waals surface area contributed by atoms with Crippen molar-refractivity contribution in [2.45, 2.75) is 32.9 Å². The molecule has 0 saturated carbocycles. The maximum Gasteiger partial charge on any atom is 0.309 e. The van der Waals surface area contributed by atoms with Gasteiger partial charge in [-0.3, -0.25) is 14.5 Å². The van der Waals surface area contributed by atoms with Crippen LogP contribution in [0.4, 0.5) is 0 Å². The van der Waals surface area contributed by atoms with Crippen molar-refractivity contribution in [2.75, 3.05) is 33.4 Å². The molecule has 1 rings (SSSR count). The molecule has 1 saturated heterocycles. The molecule has 3 unspecified atom stereocenters. The zero-order valence-electron chi connectivity index (χ0n) is 12.1. The lowest BCUT2D eigenvalue weighted by Crippen LogP contribution is -2.58. The first kappa shape index (κ1) is 15.9. The average Bonchev–Trinajstić information content (AvgIpc) is 2.45. The van der Waals surface area contributed by atoms with Crippen LogP contribution < -0.4 is 5.32 Å². The summed E-state index contributed by atoms with van der Waals surface area (Å²) in [4.78, 5) is 25.7. The van der Waals surface area contributed by atoms with Crippen molar-refractivity contribution in [3.63, 3.8) is 0 Å². The maximum absolute atomic E-state index is 12.0. The highest BCUT2D eigenvalue weighted by Gasteiger charge is 2.36. The summed E-state index contributed by atoms with van der Waals surface area (Å²) in [6.45, 7) is 7.82. The fourth-order valence-corrected chi connectivity index (χ4v) is 2.29. The van der Waals surface area contributed by atoms with Gasteiger partial charge in [0.1, 0.15) is 6.04 Å². The van der Waals surface area contributed by atoms with E-state index in [0.29, 0.717) is 26.3 Å². The van der Waals surface area contributed by atoms with Gasteiger partial charge < -0.3 is 14.8 Å². The number of morpholine rings is 1. The molecule has 0 spiro atoms. The molecule has 0 aliphatic carbocycles. The number of nitrogens with zero attached hydrogens (tertiary/aromatic N) is 1. The van der Waals surface area contributed by atoms with Crippen molar-refractivity contribution in [3.05, 3.63) is 0 Å². The topological polar surface area (TPSA) is 67.9 Å². The van der Waals surface area contributed by atoms with E-state index in [1.807, 2.05) is 25.7 Å². The van der Waals surface area contributed by atoms with Crippen LogP contribution in [0.2, 0.25) is 0 Å². The van der Waals surface area contributed by atoms with Crippen molar-refractivity contribution >= 4 is 11.9 Å². The third-order valence-corrected chi connectivity index (χ3v) is 3.64. The molecule has 6 nitrogen and oxygen atoms in total. The highest BCUT2D eigenvalue weighted by molar-refractivity contribution is 5.82. The van der Waals surface area contributed by atoms with Crippen LogP contribution in [0.25, 0.3) is 0 Å². The Kier molecular flexibility index (Phi) is 6.24. The van der Waals surface area contributed by atoms with Crippen molar-refractivity contribution in [2.24, 2.45) is 5.92 Å². The van der Waals surface area contributed by atoms with E-state index in [0.717, 1.165) is 0 Å². The lowest BCUT2D eigenvalue weighted by molar-refractivity contribution is -0.151. The summed E-state index contributed by atoms with van der Waals surface area (Å²) in [7, 11) is 1.38. The van der Waals surface area contributed by atoms with E-state index in [9.17, 15) is 9.59 Å². The summed E-state index contributed by atoms with van der Waals surface area (Å²) < 4.78 is 10.1. The number of hydrogen-bond donors (Lipinski definition) is 1. The molecule has 1 aliphatic heterocycles. The fourth-order valence-electron chi connectivity index (χ4n) is 2.29. The van der Waals surface area contributed by atoms with E-state index in [4.69, 9.17) is 9.47 Å². The van der Waals surface area contributed by atoms with Gasteiger partial charge >= 0.3 is 5.97 Å². The zero-order chi connectivity index (χ0) is 14.4. The Bertz CT molecular complexity index is 322. The predicted molar refractivity (Wildman–Crippen MR) is 70.6 cm³/mol. The minimum atomic E-state index is -0.337. The van der Waals surface area contributed by atoms with Crippen LogP contribution in [0.3, 0.4) is 0 Å². The first-order valence-electron chi connectivity index (χ1n) is 6.71. The third-order valence-electron chi connectivity index (χ3n) is 3.64. The number of methoxy groups -OCH3 is 1. The van der Waals surface area contributed by atoms with Crippen LogP contribution >= 0.6 is 0 Å². The van der Waals surface area contributed by atoms with Crippen molar-refractivity contribution in [1.82, 2.24) is 10.2 Å². The average molecular weight is 272 g/mol. The summed E-state index contributed by atoms with van der Waals surface area (Å²) in [5.74, 6) is -0.584. The second-order valence-corrected chi connectivity index (χ2v) is 4.78. The minimum absolute atomic E-state index is 0.0499. The zero-order valence-corrected chi connectivity index (χ0v) is 12.1. The quantitative estimate of drug-likeness (QED) is 0.715. The first-order chi connectivity index (χ1) is 9.02. The molecule has 3 atom stereocenters. The number of esters is 1. The number of nitrogens with one attached hydrogen (secondary N) is 1. The van der Waals surface area contributed by atoms with Crippen molar-refractivity contribution in [1.29, 1.82) is 0 Å². The molecular formula is C13H24N2O4. The highest BCUT2D eigenvalue weighted by atomic mass is 16.5. The van der Waals surface area contributed by atoms with Crippen molar-refractivity contribution < 1.29 is 19.1 Å². The minimum Gasteiger partial charge on any atom is -0.469 e. The number of amides is 1. The summed E-state index contributed by atoms with van der Waals surface area (Å²) >= 11 is 0. The Morgan fingerprint density at radius 2 is 2.16 bits per heavy atom. The van der Waals surface area contributed by atoms with Gasteiger partial charge in [-0.2, -0.15) is 0 Å². The molecule has 1 aliphatic rings. The van der Waals surface area contributed by atoms with Crippen LogP contribution in [0.1, 0.15) is 20.8 Å². The number of carbonyl (C=O) groups excluding carboxylic acids is 2. The molecule has 0 bridgehead atoms. The Morgan fingerprint density at radius 1 is 1.47 bits per heavy atom. The Labute approximate surface area is 114 Å². The smallest absolute Gasteiger partial charge is 0.309 e. The number of rotatable bonds is 5. The maximum atomic E-state index is 12.0. The fraction of sp³-hybridized carbons (Fsp3) is 0.846. The Hall–Kier alpha value is -1.14. The summed E-state index contributed by atoms with van der Waals surface area (Å²) in [6, 6.07) is -0.403. The second kappa shape index (κ2) is 7.45. The highest BCUT2D eigenvalue weighted by Crippen LogP contribution is 2.18. The SMILES string of the molecule is CCNC(=O)C1COCCN1C(C)C(C)C(=O)OC. The van der Waals surface area contributed by atoms with E-state index in [1.165, 1.54) is 7.11 Å². The van der Waals surface area contributed by atoms with Crippen LogP contribution in [0.5, 0.6) is 0 Å². The second-order valence-electron chi connectivity index (χ2n) is 4.78. The van der Waals surface area contributed by atoms with Crippen LogP contribution in [0.15, 0.2) is 0 Å². The molecule has 110 valence electrons. The van der Waals surface area contributed by atoms with Gasteiger partial charge in [0.25, 0.3) is 0 Å². The monoisotopic (exact) mass is 272 g/mol. The molecule has 1 heterocycles. The standard InChI is InChI=1S/C13H24N2O4/c1-5-14-12(16)11-8-19-7-6-15(11)10(3)9(2)13(17)18-4/h9-11H,5-8H2,1-4H3,(H,14,16). The molecule has 0 radical (unpaired) electrons. The Balaban J connectivity index is 2.75. The van der Waals surface area contributed by atoms with E-state index >= 15 is 0 Å². The molecule has 1 N–H and O–H groups in total. The first-order valence-corrected chi connectivity index (χ1v) is 6.71. The molecule has 1 fully saturated rings. The third kappa shape index (κ3) is 3.91. The molecular weight excluding hydrogens is 248 g/mol. The van der Waals surface area contributed by atoms with E-state index in [2.05, 4.69) is 5.32 Å². The van der Waals surface area contributed by atoms with Gasteiger partial charge in [-0.25, -0.2) is 0 Å². The van der Waals surface area contributed by atoms with E-state index in [-0.39, 0.29) is 29.9 Å². The van der Waals surface area contributed by atoms with Gasteiger partial charge in [-0.1, -0.05) is 6.92 Å². The molecule has 0 aromatic rings. The molecule has 6 heteroatoms. The lowest BCUT2D eigenvalue weighted by Gasteiger charge is -2.40. The molecule has 1 amide bonds. The molecule has 0 aromatic heterocycles. The predicted octanol–water partition coefficient (Wildman–Crippen LogP) is 0.0209. The summed E-state index contributed by atoms with van der Waals surface area (Å²) in [5.41, 5.74) is 0. The van der Waals surface area contributed by atoms with Gasteiger partial charge in [0.15, 0.2) is 0 Å². The largest absolute Gasteiger partial charge is 0.469 e. The summed E-state index contributed by atoms with van der Waals surface area (Å²) in [5, 5.41) is 2.81. The van der Waals surface area contributed by atoms with Crippen molar-refractivity contribution in [3.8, 4) is 0 Å². The van der Waals surface area contributed by atoms with Crippen LogP contribution in [0, 0.1) is 5.92 Å². The van der Waals surface area contributed by atoms with Gasteiger partial charge in [-0.15, -0.1) is 0 Å². The molecule has 19 heavy (non-hydrogen) atoms. The van der Waals surface area contributed by atoms with Gasteiger partial charge in [-0.05, 0) is 13.8 Å². The van der Waals surface area contributed by atoms with E-state index < -0.39 is 0 Å². The van der Waals surface area contributed by atoms with E-state index in [1.54, 1.807) is 0 Å². The van der Waals surface area contributed by atoms with Crippen LogP contribution in [-0.2, 0) is 19.1 Å². The number of ether oxygens (including phenoxy) is 2. The van der Waals surface area contributed by atoms with Gasteiger partial charge in [0.2, 0.25) is 5.91 Å². The lowest BCUT2D eigenvalue weighted by atomic mass is 9.99.